The summed E-state index contributed by atoms with van der Waals surface area (Å²) in [4.78, 5) is 15.7. The molecule has 0 atom stereocenters. The minimum Gasteiger partial charge on any atom is -0.469 e. The van der Waals surface area contributed by atoms with Gasteiger partial charge in [0.15, 0.2) is 0 Å². The van der Waals surface area contributed by atoms with Gasteiger partial charge in [-0.3, -0.25) is 4.79 Å². The molecule has 2 heterocycles. The quantitative estimate of drug-likeness (QED) is 0.604. The van der Waals surface area contributed by atoms with Gasteiger partial charge in [0, 0.05) is 31.4 Å². The normalized spacial score (nSPS) is 17.1. The number of anilines is 2. The molecule has 0 bridgehead atoms. The lowest BCUT2D eigenvalue weighted by atomic mass is 9.98. The van der Waals surface area contributed by atoms with Gasteiger partial charge in [0.25, 0.3) is 0 Å². The monoisotopic (exact) mass is 270 g/mol. The van der Waals surface area contributed by atoms with Gasteiger partial charge in [-0.1, -0.05) is 5.92 Å². The van der Waals surface area contributed by atoms with Gasteiger partial charge in [-0.15, -0.1) is 0 Å². The van der Waals surface area contributed by atoms with Crippen LogP contribution in [0.3, 0.4) is 0 Å². The number of methoxy groups -OCH3 is 1. The van der Waals surface area contributed by atoms with E-state index in [0.717, 1.165) is 26.1 Å². The average Bonchev–Trinajstić information content (AvgIpc) is 2.80. The Hall–Kier alpha value is -2.15. The highest BCUT2D eigenvalue weighted by Gasteiger charge is 2.34. The first kappa shape index (κ1) is 12.9. The third-order valence-electron chi connectivity index (χ3n) is 3.99. The Bertz CT molecular complexity index is 594. The zero-order chi connectivity index (χ0) is 14.1. The van der Waals surface area contributed by atoms with Crippen LogP contribution in [0.2, 0.25) is 0 Å². The van der Waals surface area contributed by atoms with Crippen molar-refractivity contribution in [2.75, 3.05) is 36.5 Å². The maximum Gasteiger partial charge on any atom is 0.312 e. The van der Waals surface area contributed by atoms with Gasteiger partial charge >= 0.3 is 5.97 Å². The second-order valence-corrected chi connectivity index (χ2v) is 5.20. The molecule has 0 N–H and O–H groups in total. The Kier molecular flexibility index (Phi) is 3.27. The number of nitrogens with zero attached hydrogens (tertiary/aromatic N) is 2. The van der Waals surface area contributed by atoms with Crippen molar-refractivity contribution in [2.24, 2.45) is 5.92 Å². The molecular formula is C16H18N2O2. The second-order valence-electron chi connectivity index (χ2n) is 5.20. The number of rotatable bonds is 2. The molecule has 1 saturated heterocycles. The van der Waals surface area contributed by atoms with Crippen molar-refractivity contribution in [3.05, 3.63) is 23.8 Å². The van der Waals surface area contributed by atoms with Gasteiger partial charge in [0.05, 0.1) is 18.7 Å². The minimum absolute atomic E-state index is 0.0238. The third-order valence-corrected chi connectivity index (χ3v) is 3.99. The third kappa shape index (κ3) is 2.09. The average molecular weight is 270 g/mol. The van der Waals surface area contributed by atoms with Gasteiger partial charge in [0.1, 0.15) is 0 Å². The van der Waals surface area contributed by atoms with Crippen molar-refractivity contribution in [1.29, 1.82) is 0 Å². The smallest absolute Gasteiger partial charge is 0.312 e. The SMILES string of the molecule is CC#CN1CCc2cc(N3CC(C(=O)OC)C3)ccc21. The van der Waals surface area contributed by atoms with Crippen LogP contribution >= 0.6 is 0 Å². The molecule has 1 aromatic carbocycles. The number of esters is 1. The molecule has 0 amide bonds. The molecule has 1 fully saturated rings. The molecule has 3 rings (SSSR count). The Morgan fingerprint density at radius 1 is 1.40 bits per heavy atom. The van der Waals surface area contributed by atoms with Crippen LogP contribution in [0.4, 0.5) is 11.4 Å². The fraction of sp³-hybridized carbons (Fsp3) is 0.438. The van der Waals surface area contributed by atoms with Crippen LogP contribution in [-0.4, -0.2) is 32.7 Å². The van der Waals surface area contributed by atoms with Gasteiger partial charge < -0.3 is 14.5 Å². The molecule has 104 valence electrons. The number of fused-ring (bicyclic) bond motifs is 1. The summed E-state index contributed by atoms with van der Waals surface area (Å²) in [6, 6.07) is 9.58. The lowest BCUT2D eigenvalue weighted by Gasteiger charge is -2.39. The number of benzene rings is 1. The van der Waals surface area contributed by atoms with E-state index in [2.05, 4.69) is 40.0 Å². The van der Waals surface area contributed by atoms with Gasteiger partial charge in [-0.2, -0.15) is 0 Å². The highest BCUT2D eigenvalue weighted by atomic mass is 16.5. The molecule has 0 spiro atoms. The number of carbonyl (C=O) groups excluding carboxylic acids is 1. The molecule has 2 aliphatic heterocycles. The molecule has 4 nitrogen and oxygen atoms in total. The summed E-state index contributed by atoms with van der Waals surface area (Å²) < 4.78 is 4.77. The Morgan fingerprint density at radius 3 is 2.90 bits per heavy atom. The minimum atomic E-state index is -0.105. The fourth-order valence-electron chi connectivity index (χ4n) is 2.84. The van der Waals surface area contributed by atoms with Crippen molar-refractivity contribution >= 4 is 17.3 Å². The maximum absolute atomic E-state index is 11.4. The molecular weight excluding hydrogens is 252 g/mol. The van der Waals surface area contributed by atoms with Crippen molar-refractivity contribution < 1.29 is 9.53 Å². The molecule has 0 unspecified atom stereocenters. The van der Waals surface area contributed by atoms with Crippen molar-refractivity contribution in [3.63, 3.8) is 0 Å². The predicted molar refractivity (Wildman–Crippen MR) is 78.7 cm³/mol. The standard InChI is InChI=1S/C16H18N2O2/c1-3-7-17-8-6-12-9-14(4-5-15(12)17)18-10-13(11-18)16(19)20-2/h4-5,9,13H,6,8,10-11H2,1-2H3. The van der Waals surface area contributed by atoms with Crippen LogP contribution in [0.5, 0.6) is 0 Å². The lowest BCUT2D eigenvalue weighted by Crippen LogP contribution is -2.50. The topological polar surface area (TPSA) is 32.8 Å². The first-order chi connectivity index (χ1) is 9.72. The van der Waals surface area contributed by atoms with Crippen LogP contribution in [0.15, 0.2) is 18.2 Å². The number of carbonyl (C=O) groups is 1. The van der Waals surface area contributed by atoms with E-state index in [1.54, 1.807) is 0 Å². The summed E-state index contributed by atoms with van der Waals surface area (Å²) in [5.74, 6) is 2.87. The van der Waals surface area contributed by atoms with Crippen molar-refractivity contribution in [3.8, 4) is 12.0 Å². The van der Waals surface area contributed by atoms with E-state index in [0.29, 0.717) is 0 Å². The molecule has 0 saturated carbocycles. The van der Waals surface area contributed by atoms with E-state index in [4.69, 9.17) is 4.74 Å². The zero-order valence-electron chi connectivity index (χ0n) is 11.8. The van der Waals surface area contributed by atoms with Crippen LogP contribution in [-0.2, 0) is 16.0 Å². The number of hydrogen-bond donors (Lipinski definition) is 0. The molecule has 0 radical (unpaired) electrons. The van der Waals surface area contributed by atoms with Crippen LogP contribution in [0.25, 0.3) is 0 Å². The first-order valence-electron chi connectivity index (χ1n) is 6.88. The summed E-state index contributed by atoms with van der Waals surface area (Å²) >= 11 is 0. The van der Waals surface area contributed by atoms with Gasteiger partial charge in [-0.25, -0.2) is 0 Å². The number of ether oxygens (including phenoxy) is 1. The van der Waals surface area contributed by atoms with E-state index >= 15 is 0 Å². The molecule has 0 aliphatic carbocycles. The molecule has 4 heteroatoms. The Morgan fingerprint density at radius 2 is 2.20 bits per heavy atom. The molecule has 1 aromatic rings. The van der Waals surface area contributed by atoms with Crippen LogP contribution in [0, 0.1) is 17.9 Å². The van der Waals surface area contributed by atoms with Crippen molar-refractivity contribution in [2.45, 2.75) is 13.3 Å². The first-order valence-corrected chi connectivity index (χ1v) is 6.88. The van der Waals surface area contributed by atoms with E-state index < -0.39 is 0 Å². The van der Waals surface area contributed by atoms with E-state index in [1.807, 2.05) is 6.92 Å². The van der Waals surface area contributed by atoms with Gasteiger partial charge in [-0.05, 0) is 37.1 Å². The highest BCUT2D eigenvalue weighted by molar-refractivity contribution is 5.77. The highest BCUT2D eigenvalue weighted by Crippen LogP contribution is 2.33. The van der Waals surface area contributed by atoms with Crippen LogP contribution in [0.1, 0.15) is 12.5 Å². The zero-order valence-corrected chi connectivity index (χ0v) is 11.8. The lowest BCUT2D eigenvalue weighted by molar-refractivity contribution is -0.146. The molecule has 20 heavy (non-hydrogen) atoms. The summed E-state index contributed by atoms with van der Waals surface area (Å²) in [6.45, 7) is 4.33. The van der Waals surface area contributed by atoms with E-state index in [9.17, 15) is 4.79 Å². The summed E-state index contributed by atoms with van der Waals surface area (Å²) in [6.07, 6.45) is 1.03. The summed E-state index contributed by atoms with van der Waals surface area (Å²) in [5, 5.41) is 0. The van der Waals surface area contributed by atoms with E-state index in [1.165, 1.54) is 24.0 Å². The van der Waals surface area contributed by atoms with Crippen LogP contribution < -0.4 is 9.80 Å². The Balaban J connectivity index is 1.72. The van der Waals surface area contributed by atoms with Gasteiger partial charge in [0.2, 0.25) is 0 Å². The summed E-state index contributed by atoms with van der Waals surface area (Å²) in [7, 11) is 1.45. The van der Waals surface area contributed by atoms with E-state index in [-0.39, 0.29) is 11.9 Å². The molecule has 2 aliphatic rings. The number of hydrogen-bond acceptors (Lipinski definition) is 4. The maximum atomic E-state index is 11.4. The van der Waals surface area contributed by atoms with Crippen molar-refractivity contribution in [1.82, 2.24) is 0 Å². The fourth-order valence-corrected chi connectivity index (χ4v) is 2.84. The second kappa shape index (κ2) is 5.09. The summed E-state index contributed by atoms with van der Waals surface area (Å²) in [5.41, 5.74) is 3.75. The Labute approximate surface area is 119 Å². The largest absolute Gasteiger partial charge is 0.469 e. The predicted octanol–water partition coefficient (Wildman–Crippen LogP) is 1.64. The molecule has 0 aromatic heterocycles.